The van der Waals surface area contributed by atoms with Crippen LogP contribution >= 0.6 is 0 Å². The van der Waals surface area contributed by atoms with Crippen molar-refractivity contribution in [2.75, 3.05) is 0 Å². The second-order valence-corrected chi connectivity index (χ2v) is 5.73. The number of rotatable bonds is 5. The van der Waals surface area contributed by atoms with E-state index in [0.29, 0.717) is 0 Å². The molecule has 1 aromatic rings. The van der Waals surface area contributed by atoms with Gasteiger partial charge in [0.25, 0.3) is 10.0 Å². The number of carbonyl (C=O) groups excluding carboxylic acids is 1. The maximum atomic E-state index is 11.7. The summed E-state index contributed by atoms with van der Waals surface area (Å²) in [6, 6.07) is 0.735. The van der Waals surface area contributed by atoms with Gasteiger partial charge in [0.1, 0.15) is 0 Å². The highest BCUT2D eigenvalue weighted by atomic mass is 32.2. The number of H-pyrrole nitrogens is 1. The first kappa shape index (κ1) is 12.1. The summed E-state index contributed by atoms with van der Waals surface area (Å²) < 4.78 is 25.8. The number of nitrogens with one attached hydrogen (secondary N) is 3. The summed E-state index contributed by atoms with van der Waals surface area (Å²) in [5.41, 5.74) is 0. The van der Waals surface area contributed by atoms with Crippen molar-refractivity contribution in [2.45, 2.75) is 36.9 Å². The molecule has 8 heteroatoms. The van der Waals surface area contributed by atoms with Crippen LogP contribution in [0, 0.1) is 0 Å². The van der Waals surface area contributed by atoms with Crippen molar-refractivity contribution in [3.8, 4) is 0 Å². The lowest BCUT2D eigenvalue weighted by Crippen LogP contribution is -2.45. The van der Waals surface area contributed by atoms with Gasteiger partial charge in [-0.15, -0.1) is 0 Å². The number of aromatic nitrogens is 2. The van der Waals surface area contributed by atoms with Crippen LogP contribution in [-0.4, -0.2) is 36.6 Å². The van der Waals surface area contributed by atoms with Crippen LogP contribution < -0.4 is 10.0 Å². The van der Waals surface area contributed by atoms with Gasteiger partial charge in [0.15, 0.2) is 5.03 Å². The maximum Gasteiger partial charge on any atom is 0.258 e. The molecule has 1 aliphatic rings. The lowest BCUT2D eigenvalue weighted by molar-refractivity contribution is -0.122. The van der Waals surface area contributed by atoms with Crippen LogP contribution in [0.15, 0.2) is 17.3 Å². The van der Waals surface area contributed by atoms with Crippen LogP contribution in [0.25, 0.3) is 0 Å². The molecule has 2 rings (SSSR count). The molecule has 1 atom stereocenters. The van der Waals surface area contributed by atoms with Crippen LogP contribution in [0.5, 0.6) is 0 Å². The zero-order chi connectivity index (χ0) is 12.5. The van der Waals surface area contributed by atoms with Crippen molar-refractivity contribution in [3.63, 3.8) is 0 Å². The van der Waals surface area contributed by atoms with Gasteiger partial charge in [-0.1, -0.05) is 0 Å². The maximum absolute atomic E-state index is 11.7. The first-order chi connectivity index (χ1) is 7.99. The van der Waals surface area contributed by atoms with Crippen molar-refractivity contribution in [1.82, 2.24) is 20.2 Å². The second-order valence-electron chi connectivity index (χ2n) is 4.05. The number of sulfonamides is 1. The predicted octanol–water partition coefficient (Wildman–Crippen LogP) is -0.645. The highest BCUT2D eigenvalue weighted by molar-refractivity contribution is 7.89. The Balaban J connectivity index is 1.97. The van der Waals surface area contributed by atoms with Crippen LogP contribution in [0.2, 0.25) is 0 Å². The normalized spacial score (nSPS) is 17.7. The summed E-state index contributed by atoms with van der Waals surface area (Å²) >= 11 is 0. The summed E-state index contributed by atoms with van der Waals surface area (Å²) in [7, 11) is -3.71. The lowest BCUT2D eigenvalue weighted by Gasteiger charge is -2.13. The van der Waals surface area contributed by atoms with E-state index in [2.05, 4.69) is 20.2 Å². The Morgan fingerprint density at radius 1 is 1.59 bits per heavy atom. The minimum Gasteiger partial charge on any atom is -0.352 e. The number of hydrogen-bond donors (Lipinski definition) is 3. The molecule has 1 amide bonds. The first-order valence-electron chi connectivity index (χ1n) is 5.31. The minimum absolute atomic E-state index is 0.0522. The third-order valence-corrected chi connectivity index (χ3v) is 3.88. The van der Waals surface area contributed by atoms with Gasteiger partial charge in [-0.2, -0.15) is 9.82 Å². The summed E-state index contributed by atoms with van der Waals surface area (Å²) in [6.45, 7) is 1.51. The van der Waals surface area contributed by atoms with Gasteiger partial charge < -0.3 is 5.32 Å². The Kier molecular flexibility index (Phi) is 3.16. The Hall–Kier alpha value is -1.41. The summed E-state index contributed by atoms with van der Waals surface area (Å²) in [5, 5.41) is 8.57. The summed E-state index contributed by atoms with van der Waals surface area (Å²) in [4.78, 5) is 11.6. The van der Waals surface area contributed by atoms with Gasteiger partial charge >= 0.3 is 0 Å². The fraction of sp³-hybridized carbons (Fsp3) is 0.556. The SMILES string of the molecule is CC(NS(=O)(=O)c1ccn[nH]1)C(=O)NC1CC1. The highest BCUT2D eigenvalue weighted by Crippen LogP contribution is 2.18. The average Bonchev–Trinajstić information content (AvgIpc) is 2.88. The molecule has 1 unspecified atom stereocenters. The zero-order valence-corrected chi connectivity index (χ0v) is 10.1. The van der Waals surface area contributed by atoms with Gasteiger partial charge in [0.2, 0.25) is 5.91 Å². The lowest BCUT2D eigenvalue weighted by atomic mass is 10.3. The van der Waals surface area contributed by atoms with Crippen molar-refractivity contribution < 1.29 is 13.2 Å². The zero-order valence-electron chi connectivity index (χ0n) is 9.30. The van der Waals surface area contributed by atoms with Crippen LogP contribution in [0.3, 0.4) is 0 Å². The minimum atomic E-state index is -3.71. The third kappa shape index (κ3) is 3.04. The topological polar surface area (TPSA) is 104 Å². The molecule has 0 aromatic carbocycles. The molecule has 1 aromatic heterocycles. The number of carbonyl (C=O) groups is 1. The quantitative estimate of drug-likeness (QED) is 0.653. The van der Waals surface area contributed by atoms with Gasteiger partial charge in [-0.25, -0.2) is 8.42 Å². The molecule has 0 spiro atoms. The molecule has 0 radical (unpaired) electrons. The molecule has 1 fully saturated rings. The molecule has 0 bridgehead atoms. The van der Waals surface area contributed by atoms with Crippen molar-refractivity contribution in [1.29, 1.82) is 0 Å². The molecule has 7 nitrogen and oxygen atoms in total. The van der Waals surface area contributed by atoms with Crippen LogP contribution in [-0.2, 0) is 14.8 Å². The molecule has 17 heavy (non-hydrogen) atoms. The van der Waals surface area contributed by atoms with Gasteiger partial charge in [0.05, 0.1) is 12.2 Å². The number of hydrogen-bond acceptors (Lipinski definition) is 4. The second kappa shape index (κ2) is 4.46. The van der Waals surface area contributed by atoms with Crippen LogP contribution in [0.4, 0.5) is 0 Å². The van der Waals surface area contributed by atoms with E-state index in [-0.39, 0.29) is 17.0 Å². The third-order valence-electron chi connectivity index (χ3n) is 2.41. The van der Waals surface area contributed by atoms with Crippen molar-refractivity contribution >= 4 is 15.9 Å². The van der Waals surface area contributed by atoms with Gasteiger partial charge in [-0.3, -0.25) is 9.89 Å². The Labute approximate surface area is 99.0 Å². The molecule has 0 saturated heterocycles. The summed E-state index contributed by atoms with van der Waals surface area (Å²) in [5.74, 6) is -0.310. The Morgan fingerprint density at radius 3 is 2.82 bits per heavy atom. The van der Waals surface area contributed by atoms with E-state index < -0.39 is 16.1 Å². The van der Waals surface area contributed by atoms with Gasteiger partial charge in [0, 0.05) is 6.04 Å². The van der Waals surface area contributed by atoms with Crippen molar-refractivity contribution in [3.05, 3.63) is 12.3 Å². The molecule has 1 aliphatic carbocycles. The molecular formula is C9H14N4O3S. The van der Waals surface area contributed by atoms with E-state index in [9.17, 15) is 13.2 Å². The van der Waals surface area contributed by atoms with E-state index in [0.717, 1.165) is 12.8 Å². The molecule has 3 N–H and O–H groups in total. The fourth-order valence-electron chi connectivity index (χ4n) is 1.30. The van der Waals surface area contributed by atoms with Gasteiger partial charge in [-0.05, 0) is 25.8 Å². The van der Waals surface area contributed by atoms with Crippen LogP contribution in [0.1, 0.15) is 19.8 Å². The van der Waals surface area contributed by atoms with E-state index in [1.165, 1.54) is 19.2 Å². The molecule has 1 saturated carbocycles. The Bertz CT molecular complexity index is 492. The molecular weight excluding hydrogens is 244 g/mol. The fourth-order valence-corrected chi connectivity index (χ4v) is 2.41. The molecule has 94 valence electrons. The smallest absolute Gasteiger partial charge is 0.258 e. The number of nitrogens with zero attached hydrogens (tertiary/aromatic N) is 1. The first-order valence-corrected chi connectivity index (χ1v) is 6.79. The van der Waals surface area contributed by atoms with E-state index in [1.54, 1.807) is 0 Å². The monoisotopic (exact) mass is 258 g/mol. The largest absolute Gasteiger partial charge is 0.352 e. The Morgan fingerprint density at radius 2 is 2.29 bits per heavy atom. The van der Waals surface area contributed by atoms with Crippen molar-refractivity contribution in [2.24, 2.45) is 0 Å². The number of aromatic amines is 1. The number of amides is 1. The van der Waals surface area contributed by atoms with E-state index in [1.807, 2.05) is 0 Å². The molecule has 0 aliphatic heterocycles. The summed E-state index contributed by atoms with van der Waals surface area (Å²) in [6.07, 6.45) is 3.26. The van der Waals surface area contributed by atoms with E-state index >= 15 is 0 Å². The standard InChI is InChI=1S/C9H14N4O3S/c1-6(9(14)11-7-2-3-7)13-17(15,16)8-4-5-10-12-8/h4-7,13H,2-3H2,1H3,(H,10,12)(H,11,14). The van der Waals surface area contributed by atoms with E-state index in [4.69, 9.17) is 0 Å². The molecule has 1 heterocycles. The predicted molar refractivity (Wildman–Crippen MR) is 59.5 cm³/mol. The average molecular weight is 258 g/mol. The highest BCUT2D eigenvalue weighted by Gasteiger charge is 2.28.